The lowest BCUT2D eigenvalue weighted by Gasteiger charge is -2.33. The van der Waals surface area contributed by atoms with Gasteiger partial charge in [-0.15, -0.1) is 0 Å². The molecule has 1 rings (SSSR count). The number of carboxylic acids is 1. The summed E-state index contributed by atoms with van der Waals surface area (Å²) in [5, 5.41) is 8.55. The molecule has 0 aromatic carbocycles. The van der Waals surface area contributed by atoms with E-state index in [9.17, 15) is 18.4 Å². The van der Waals surface area contributed by atoms with Crippen molar-refractivity contribution in [2.24, 2.45) is 0 Å². The molecule has 0 spiro atoms. The molecule has 0 amide bonds. The molecule has 1 saturated carbocycles. The van der Waals surface area contributed by atoms with Gasteiger partial charge in [-0.3, -0.25) is 0 Å². The van der Waals surface area contributed by atoms with Crippen molar-refractivity contribution in [3.63, 3.8) is 0 Å². The molecule has 4 nitrogen and oxygen atoms in total. The van der Waals surface area contributed by atoms with E-state index in [1.807, 2.05) is 0 Å². The minimum absolute atomic E-state index is 0.0301. The highest BCUT2D eigenvalue weighted by Gasteiger charge is 2.63. The first kappa shape index (κ1) is 13.6. The number of carbonyl (C=O) groups is 2. The third kappa shape index (κ3) is 2.30. The van der Waals surface area contributed by atoms with E-state index in [0.717, 1.165) is 0 Å². The molecule has 1 aliphatic rings. The van der Waals surface area contributed by atoms with E-state index in [2.05, 4.69) is 6.58 Å². The summed E-state index contributed by atoms with van der Waals surface area (Å²) in [6.07, 6.45) is 0.523. The molecule has 96 valence electrons. The molecule has 1 fully saturated rings. The Kier molecular flexibility index (Phi) is 3.54. The van der Waals surface area contributed by atoms with E-state index in [-0.39, 0.29) is 18.4 Å². The van der Waals surface area contributed by atoms with Gasteiger partial charge in [-0.2, -0.15) is 8.78 Å². The molecule has 0 aromatic rings. The molecule has 0 saturated heterocycles. The van der Waals surface area contributed by atoms with Crippen molar-refractivity contribution in [2.45, 2.75) is 44.1 Å². The summed E-state index contributed by atoms with van der Waals surface area (Å²) >= 11 is 0. The second kappa shape index (κ2) is 4.43. The summed E-state index contributed by atoms with van der Waals surface area (Å²) in [5.41, 5.74) is -2.26. The van der Waals surface area contributed by atoms with Gasteiger partial charge < -0.3 is 9.84 Å². The Balaban J connectivity index is 3.02. The van der Waals surface area contributed by atoms with Gasteiger partial charge in [-0.05, 0) is 32.6 Å². The van der Waals surface area contributed by atoms with Gasteiger partial charge >= 0.3 is 17.9 Å². The van der Waals surface area contributed by atoms with E-state index in [1.54, 1.807) is 0 Å². The molecule has 1 N–H and O–H groups in total. The van der Waals surface area contributed by atoms with Crippen LogP contribution >= 0.6 is 0 Å². The zero-order valence-electron chi connectivity index (χ0n) is 9.46. The van der Waals surface area contributed by atoms with Crippen LogP contribution in [0.15, 0.2) is 12.2 Å². The fourth-order valence-electron chi connectivity index (χ4n) is 1.89. The number of hydrogen-bond donors (Lipinski definition) is 1. The number of carboxylic acid groups (broad SMARTS) is 1. The molecule has 0 atom stereocenters. The van der Waals surface area contributed by atoms with Crippen LogP contribution in [0, 0.1) is 0 Å². The first-order valence-corrected chi connectivity index (χ1v) is 5.23. The van der Waals surface area contributed by atoms with Crippen LogP contribution in [0.2, 0.25) is 0 Å². The molecule has 0 radical (unpaired) electrons. The van der Waals surface area contributed by atoms with Crippen LogP contribution in [0.1, 0.15) is 32.6 Å². The fourth-order valence-corrected chi connectivity index (χ4v) is 1.89. The van der Waals surface area contributed by atoms with Crippen LogP contribution < -0.4 is 0 Å². The standard InChI is InChI=1S/C11H14F2O4/c1-7(2)8(14)17-10(5-3-4-6-10)11(12,13)9(15)16/h1,3-6H2,2H3,(H,15,16). The lowest BCUT2D eigenvalue weighted by atomic mass is 9.93. The number of halogens is 2. The van der Waals surface area contributed by atoms with Crippen molar-refractivity contribution >= 4 is 11.9 Å². The second-order valence-corrected chi connectivity index (χ2v) is 4.25. The number of alkyl halides is 2. The highest BCUT2D eigenvalue weighted by Crippen LogP contribution is 2.45. The average molecular weight is 248 g/mol. The Morgan fingerprint density at radius 1 is 1.35 bits per heavy atom. The molecule has 1 aliphatic carbocycles. The van der Waals surface area contributed by atoms with Crippen LogP contribution in [-0.4, -0.2) is 28.6 Å². The van der Waals surface area contributed by atoms with Crippen molar-refractivity contribution in [1.29, 1.82) is 0 Å². The van der Waals surface area contributed by atoms with Gasteiger partial charge in [-0.25, -0.2) is 9.59 Å². The maximum absolute atomic E-state index is 13.6. The van der Waals surface area contributed by atoms with E-state index >= 15 is 0 Å². The average Bonchev–Trinajstić information content (AvgIpc) is 2.67. The summed E-state index contributed by atoms with van der Waals surface area (Å²) in [7, 11) is 0. The number of hydrogen-bond acceptors (Lipinski definition) is 3. The molecule has 0 heterocycles. The number of carbonyl (C=O) groups excluding carboxylic acids is 1. The summed E-state index contributed by atoms with van der Waals surface area (Å²) < 4.78 is 32.0. The van der Waals surface area contributed by atoms with Crippen LogP contribution in [0.25, 0.3) is 0 Å². The van der Waals surface area contributed by atoms with Gasteiger partial charge in [0, 0.05) is 5.57 Å². The third-order valence-electron chi connectivity index (χ3n) is 2.89. The predicted octanol–water partition coefficient (Wildman–Crippen LogP) is 2.14. The SMILES string of the molecule is C=C(C)C(=O)OC1(C(F)(F)C(=O)O)CCCC1. The Hall–Kier alpha value is -1.46. The van der Waals surface area contributed by atoms with Crippen molar-refractivity contribution < 1.29 is 28.2 Å². The Morgan fingerprint density at radius 3 is 2.18 bits per heavy atom. The molecule has 0 bridgehead atoms. The smallest absolute Gasteiger partial charge is 0.381 e. The number of aliphatic carboxylic acids is 1. The van der Waals surface area contributed by atoms with Crippen LogP contribution in [0.3, 0.4) is 0 Å². The molecule has 0 aromatic heterocycles. The maximum Gasteiger partial charge on any atom is 0.381 e. The van der Waals surface area contributed by atoms with Gasteiger partial charge in [0.2, 0.25) is 0 Å². The van der Waals surface area contributed by atoms with Crippen molar-refractivity contribution in [3.05, 3.63) is 12.2 Å². The van der Waals surface area contributed by atoms with Gasteiger partial charge in [0.15, 0.2) is 5.60 Å². The normalized spacial score (nSPS) is 18.8. The minimum Gasteiger partial charge on any atom is -0.477 e. The summed E-state index contributed by atoms with van der Waals surface area (Å²) in [4.78, 5) is 21.9. The zero-order valence-corrected chi connectivity index (χ0v) is 9.46. The molecule has 0 unspecified atom stereocenters. The topological polar surface area (TPSA) is 63.6 Å². The summed E-state index contributed by atoms with van der Waals surface area (Å²) in [6, 6.07) is 0. The van der Waals surface area contributed by atoms with Crippen LogP contribution in [-0.2, 0) is 14.3 Å². The van der Waals surface area contributed by atoms with E-state index < -0.39 is 23.5 Å². The lowest BCUT2D eigenvalue weighted by Crippen LogP contribution is -2.54. The lowest BCUT2D eigenvalue weighted by molar-refractivity contribution is -0.219. The van der Waals surface area contributed by atoms with Gasteiger partial charge in [0.25, 0.3) is 0 Å². The van der Waals surface area contributed by atoms with Crippen molar-refractivity contribution in [3.8, 4) is 0 Å². The number of ether oxygens (including phenoxy) is 1. The maximum atomic E-state index is 13.6. The largest absolute Gasteiger partial charge is 0.477 e. The number of esters is 1. The van der Waals surface area contributed by atoms with Gasteiger partial charge in [-0.1, -0.05) is 6.58 Å². The van der Waals surface area contributed by atoms with Gasteiger partial charge in [0.05, 0.1) is 0 Å². The van der Waals surface area contributed by atoms with Crippen LogP contribution in [0.5, 0.6) is 0 Å². The number of rotatable bonds is 4. The highest BCUT2D eigenvalue weighted by atomic mass is 19.3. The van der Waals surface area contributed by atoms with Crippen molar-refractivity contribution in [2.75, 3.05) is 0 Å². The molecular formula is C11H14F2O4. The summed E-state index contributed by atoms with van der Waals surface area (Å²) in [5.74, 6) is -7.32. The molecule has 6 heteroatoms. The molecule has 0 aliphatic heterocycles. The minimum atomic E-state index is -4.07. The first-order valence-electron chi connectivity index (χ1n) is 5.23. The Labute approximate surface area is 97.3 Å². The Morgan fingerprint density at radius 2 is 1.82 bits per heavy atom. The predicted molar refractivity (Wildman–Crippen MR) is 54.7 cm³/mol. The first-order chi connectivity index (χ1) is 7.73. The second-order valence-electron chi connectivity index (χ2n) is 4.25. The molecular weight excluding hydrogens is 234 g/mol. The van der Waals surface area contributed by atoms with E-state index in [4.69, 9.17) is 9.84 Å². The van der Waals surface area contributed by atoms with Crippen molar-refractivity contribution in [1.82, 2.24) is 0 Å². The Bertz CT molecular complexity index is 356. The fraction of sp³-hybridized carbons (Fsp3) is 0.636. The third-order valence-corrected chi connectivity index (χ3v) is 2.89. The van der Waals surface area contributed by atoms with E-state index in [1.165, 1.54) is 6.92 Å². The monoisotopic (exact) mass is 248 g/mol. The highest BCUT2D eigenvalue weighted by molar-refractivity contribution is 5.88. The quantitative estimate of drug-likeness (QED) is 0.611. The van der Waals surface area contributed by atoms with Crippen LogP contribution in [0.4, 0.5) is 8.78 Å². The summed E-state index contributed by atoms with van der Waals surface area (Å²) in [6.45, 7) is 4.61. The van der Waals surface area contributed by atoms with Gasteiger partial charge in [0.1, 0.15) is 0 Å². The zero-order chi connectivity index (χ0) is 13.3. The van der Waals surface area contributed by atoms with E-state index in [0.29, 0.717) is 12.8 Å². The molecule has 17 heavy (non-hydrogen) atoms.